The van der Waals surface area contributed by atoms with E-state index in [1.807, 2.05) is 43.0 Å². The molecule has 2 amide bonds. The highest BCUT2D eigenvalue weighted by Gasteiger charge is 2.29. The zero-order valence-corrected chi connectivity index (χ0v) is 30.5. The molecule has 1 N–H and O–H groups in total. The number of rotatable bonds is 12. The Morgan fingerprint density at radius 1 is 0.907 bits per heavy atom. The molecule has 15 heteroatoms. The number of aromatic nitrogens is 5. The van der Waals surface area contributed by atoms with Gasteiger partial charge in [0, 0.05) is 80.5 Å². The molecule has 0 bridgehead atoms. The number of benzene rings is 2. The summed E-state index contributed by atoms with van der Waals surface area (Å²) < 4.78 is 49.5. The van der Waals surface area contributed by atoms with Crippen molar-refractivity contribution in [3.8, 4) is 28.4 Å². The number of aromatic amines is 1. The second-order valence-electron chi connectivity index (χ2n) is 13.0. The summed E-state index contributed by atoms with van der Waals surface area (Å²) in [5.41, 5.74) is 2.78. The molecule has 13 nitrogen and oxygen atoms in total. The van der Waals surface area contributed by atoms with E-state index in [9.17, 15) is 14.0 Å². The number of carbonyl (C=O) groups excluding carboxylic acids is 2. The van der Waals surface area contributed by atoms with Crippen molar-refractivity contribution in [1.82, 2.24) is 34.8 Å². The zero-order chi connectivity index (χ0) is 37.8. The summed E-state index contributed by atoms with van der Waals surface area (Å²) in [4.78, 5) is 40.0. The number of H-pyrrole nitrogens is 1. The number of nitrogens with one attached hydrogen (secondary N) is 1. The third-order valence-corrected chi connectivity index (χ3v) is 9.70. The molecule has 282 valence electrons. The van der Waals surface area contributed by atoms with Crippen LogP contribution < -0.4 is 19.1 Å². The Balaban J connectivity index is 1.22. The molecular weight excluding hydrogens is 698 g/mol. The molecular formula is C39H42F2N8O5. The number of halogens is 2. The van der Waals surface area contributed by atoms with Gasteiger partial charge in [0.2, 0.25) is 5.91 Å². The van der Waals surface area contributed by atoms with Crippen LogP contribution in [-0.2, 0) is 11.3 Å². The van der Waals surface area contributed by atoms with Crippen LogP contribution in [0.15, 0.2) is 61.1 Å². The topological polar surface area (TPSA) is 131 Å². The lowest BCUT2D eigenvalue weighted by Gasteiger charge is -2.35. The standard InChI is InChI=1S/C39H42F2N8O5/c1-4-53-27-8-9-28(33(20-27)54-5-2)30-21-29(25-7-6-12-48(24-25)35(50)10-13-49-14-11-43-45-49)36(41)37-31(30)22-32(44-37)39(51)47-17-15-46(16-18-47)38-34(52-3)19-26(40)23-42-38/h7-9,11,14,19-23,44H,4-6,10,12-13,15-18,24H2,1-3H3. The van der Waals surface area contributed by atoms with E-state index in [4.69, 9.17) is 14.2 Å². The summed E-state index contributed by atoms with van der Waals surface area (Å²) in [5, 5.41) is 8.26. The zero-order valence-electron chi connectivity index (χ0n) is 30.5. The van der Waals surface area contributed by atoms with Gasteiger partial charge >= 0.3 is 0 Å². The number of anilines is 1. The van der Waals surface area contributed by atoms with Gasteiger partial charge in [0.25, 0.3) is 5.91 Å². The molecule has 0 saturated carbocycles. The number of carbonyl (C=O) groups is 2. The smallest absolute Gasteiger partial charge is 0.270 e. The van der Waals surface area contributed by atoms with E-state index in [-0.39, 0.29) is 36.0 Å². The molecule has 0 spiro atoms. The second kappa shape index (κ2) is 15.9. The van der Waals surface area contributed by atoms with Gasteiger partial charge in [-0.05, 0) is 55.7 Å². The van der Waals surface area contributed by atoms with Crippen LogP contribution in [0.5, 0.6) is 17.2 Å². The minimum atomic E-state index is -0.515. The lowest BCUT2D eigenvalue weighted by Crippen LogP contribution is -2.49. The number of pyridine rings is 1. The molecule has 54 heavy (non-hydrogen) atoms. The minimum absolute atomic E-state index is 0.0653. The van der Waals surface area contributed by atoms with Crippen LogP contribution in [0.2, 0.25) is 0 Å². The monoisotopic (exact) mass is 740 g/mol. The van der Waals surface area contributed by atoms with Crippen molar-refractivity contribution in [3.63, 3.8) is 0 Å². The van der Waals surface area contributed by atoms with Gasteiger partial charge in [-0.2, -0.15) is 0 Å². The predicted octanol–water partition coefficient (Wildman–Crippen LogP) is 5.57. The summed E-state index contributed by atoms with van der Waals surface area (Å²) in [6.45, 7) is 7.39. The SMILES string of the molecule is CCOc1ccc(-c2cc(C3=CCCN(C(=O)CCn4ccnn4)C3)c(F)c3[nH]c(C(=O)N4CCN(c5ncc(F)cc5OC)CC4)cc23)c(OCC)c1. The molecule has 5 heterocycles. The molecule has 1 fully saturated rings. The fourth-order valence-corrected chi connectivity index (χ4v) is 7.05. The van der Waals surface area contributed by atoms with Crippen molar-refractivity contribution in [1.29, 1.82) is 0 Å². The fourth-order valence-electron chi connectivity index (χ4n) is 7.05. The second-order valence-corrected chi connectivity index (χ2v) is 13.0. The molecule has 2 aliphatic rings. The molecule has 1 saturated heterocycles. The molecule has 2 aromatic carbocycles. The Labute approximate surface area is 311 Å². The van der Waals surface area contributed by atoms with Crippen LogP contribution >= 0.6 is 0 Å². The Bertz CT molecular complexity index is 2180. The Hall–Kier alpha value is -5.99. The predicted molar refractivity (Wildman–Crippen MR) is 199 cm³/mol. The quantitative estimate of drug-likeness (QED) is 0.174. The molecule has 2 aliphatic heterocycles. The van der Waals surface area contributed by atoms with Crippen molar-refractivity contribution in [3.05, 3.63) is 84.0 Å². The average molecular weight is 741 g/mol. The van der Waals surface area contributed by atoms with Crippen LogP contribution in [0.25, 0.3) is 27.6 Å². The number of fused-ring (bicyclic) bond motifs is 1. The number of methoxy groups -OCH3 is 1. The molecule has 0 radical (unpaired) electrons. The van der Waals surface area contributed by atoms with Gasteiger partial charge < -0.3 is 33.9 Å². The highest BCUT2D eigenvalue weighted by Crippen LogP contribution is 2.42. The summed E-state index contributed by atoms with van der Waals surface area (Å²) >= 11 is 0. The van der Waals surface area contributed by atoms with E-state index in [1.165, 1.54) is 13.2 Å². The number of hydrogen-bond acceptors (Lipinski definition) is 9. The maximum atomic E-state index is 16.9. The van der Waals surface area contributed by atoms with Gasteiger partial charge in [0.1, 0.15) is 23.0 Å². The number of ether oxygens (including phenoxy) is 3. The molecule has 0 atom stereocenters. The summed E-state index contributed by atoms with van der Waals surface area (Å²) in [7, 11) is 1.46. The van der Waals surface area contributed by atoms with Gasteiger partial charge in [0.15, 0.2) is 17.4 Å². The number of hydrogen-bond donors (Lipinski definition) is 1. The third kappa shape index (κ3) is 7.43. The van der Waals surface area contributed by atoms with E-state index in [2.05, 4.69) is 20.3 Å². The Morgan fingerprint density at radius 3 is 2.46 bits per heavy atom. The van der Waals surface area contributed by atoms with E-state index in [1.54, 1.807) is 39.0 Å². The summed E-state index contributed by atoms with van der Waals surface area (Å²) in [6.07, 6.45) is 7.17. The first-order valence-corrected chi connectivity index (χ1v) is 18.1. The first-order chi connectivity index (χ1) is 26.3. The molecule has 0 unspecified atom stereocenters. The van der Waals surface area contributed by atoms with E-state index in [0.29, 0.717) is 110 Å². The van der Waals surface area contributed by atoms with E-state index < -0.39 is 11.6 Å². The van der Waals surface area contributed by atoms with Crippen molar-refractivity contribution in [2.24, 2.45) is 0 Å². The lowest BCUT2D eigenvalue weighted by atomic mass is 9.92. The molecule has 5 aromatic rings. The van der Waals surface area contributed by atoms with Gasteiger partial charge in [0.05, 0.1) is 44.8 Å². The highest BCUT2D eigenvalue weighted by atomic mass is 19.1. The average Bonchev–Trinajstić information content (AvgIpc) is 3.89. The maximum absolute atomic E-state index is 16.9. The van der Waals surface area contributed by atoms with Gasteiger partial charge in [-0.25, -0.2) is 13.8 Å². The van der Waals surface area contributed by atoms with E-state index >= 15 is 4.39 Å². The molecule has 3 aromatic heterocycles. The Kier molecular flexibility index (Phi) is 10.7. The van der Waals surface area contributed by atoms with Crippen LogP contribution in [0.3, 0.4) is 0 Å². The van der Waals surface area contributed by atoms with Crippen molar-refractivity contribution in [2.45, 2.75) is 33.2 Å². The van der Waals surface area contributed by atoms with Gasteiger partial charge in [-0.1, -0.05) is 11.3 Å². The largest absolute Gasteiger partial charge is 0.494 e. The van der Waals surface area contributed by atoms with Crippen molar-refractivity contribution < 1.29 is 32.6 Å². The lowest BCUT2D eigenvalue weighted by molar-refractivity contribution is -0.131. The van der Waals surface area contributed by atoms with Crippen molar-refractivity contribution >= 4 is 34.1 Å². The normalized spacial score (nSPS) is 14.7. The number of piperazine rings is 1. The van der Waals surface area contributed by atoms with Gasteiger partial charge in [-0.15, -0.1) is 5.10 Å². The fraction of sp³-hybridized carbons (Fsp3) is 0.359. The van der Waals surface area contributed by atoms with Crippen LogP contribution in [0.4, 0.5) is 14.6 Å². The van der Waals surface area contributed by atoms with Crippen LogP contribution in [0.1, 0.15) is 42.7 Å². The summed E-state index contributed by atoms with van der Waals surface area (Å²) in [6, 6.07) is 10.3. The third-order valence-electron chi connectivity index (χ3n) is 9.70. The number of amides is 2. The van der Waals surface area contributed by atoms with Gasteiger partial charge in [-0.3, -0.25) is 14.3 Å². The Morgan fingerprint density at radius 2 is 1.72 bits per heavy atom. The van der Waals surface area contributed by atoms with Crippen LogP contribution in [0, 0.1) is 11.6 Å². The summed E-state index contributed by atoms with van der Waals surface area (Å²) in [5.74, 6) is 0.650. The maximum Gasteiger partial charge on any atom is 0.270 e. The highest BCUT2D eigenvalue weighted by molar-refractivity contribution is 6.05. The molecule has 0 aliphatic carbocycles. The number of aryl methyl sites for hydroxylation is 1. The van der Waals surface area contributed by atoms with Crippen molar-refractivity contribution in [2.75, 3.05) is 64.5 Å². The first kappa shape index (κ1) is 36.4. The molecule has 7 rings (SSSR count). The van der Waals surface area contributed by atoms with E-state index in [0.717, 1.165) is 6.20 Å². The van der Waals surface area contributed by atoms with Crippen LogP contribution in [-0.4, -0.2) is 106 Å². The number of nitrogens with zero attached hydrogens (tertiary/aromatic N) is 7. The first-order valence-electron chi connectivity index (χ1n) is 18.1. The minimum Gasteiger partial charge on any atom is -0.494 e.